The molecule has 0 aromatic carbocycles. The van der Waals surface area contributed by atoms with E-state index in [1.165, 1.54) is 0 Å². The van der Waals surface area contributed by atoms with Crippen LogP contribution in [0.3, 0.4) is 0 Å². The van der Waals surface area contributed by atoms with Crippen LogP contribution in [0.15, 0.2) is 0 Å². The second-order valence-electron chi connectivity index (χ2n) is 2.47. The summed E-state index contributed by atoms with van der Waals surface area (Å²) in [7, 11) is -0.804. The molecule has 1 rings (SSSR count). The molecule has 0 amide bonds. The number of rotatable bonds is 2. The van der Waals surface area contributed by atoms with Crippen LogP contribution in [0.2, 0.25) is 0 Å². The van der Waals surface area contributed by atoms with E-state index in [0.717, 1.165) is 5.25 Å². The van der Waals surface area contributed by atoms with Gasteiger partial charge in [0.1, 0.15) is 0 Å². The molecule has 0 bridgehead atoms. The molecule has 0 saturated heterocycles. The zero-order valence-corrected chi connectivity index (χ0v) is 7.02. The molecule has 2 heteroatoms. The zero-order valence-electron chi connectivity index (χ0n) is 6.20. The van der Waals surface area contributed by atoms with Gasteiger partial charge in [-0.15, -0.1) is 0 Å². The van der Waals surface area contributed by atoms with Gasteiger partial charge >= 0.3 is 0 Å². The van der Waals surface area contributed by atoms with Crippen molar-refractivity contribution in [2.45, 2.75) is 19.1 Å². The third-order valence-electron chi connectivity index (χ3n) is 1.29. The smallest absolute Gasteiger partial charge is 0.0707 e. The standard InChI is InChI=1S/C8H11OS/c1-7(2)10(9)8-5-3-4-6-8/h3-7H,1-2H3/t10-/m1/s1. The average Bonchev–Trinajstić information content (AvgIpc) is 2.36. The highest BCUT2D eigenvalue weighted by molar-refractivity contribution is 7.88. The van der Waals surface area contributed by atoms with E-state index in [9.17, 15) is 4.21 Å². The van der Waals surface area contributed by atoms with Crippen LogP contribution in [-0.2, 0) is 10.8 Å². The Kier molecular flexibility index (Phi) is 2.90. The first-order chi connectivity index (χ1) is 4.72. The normalized spacial score (nSPS) is 23.9. The second-order valence-corrected chi connectivity index (χ2v) is 4.48. The van der Waals surface area contributed by atoms with Crippen molar-refractivity contribution in [2.24, 2.45) is 0 Å². The Labute approximate surface area is 65.7 Å². The van der Waals surface area contributed by atoms with Crippen LogP contribution in [0.1, 0.15) is 13.8 Å². The summed E-state index contributed by atoms with van der Waals surface area (Å²) in [4.78, 5) is 0. The van der Waals surface area contributed by atoms with E-state index in [-0.39, 0.29) is 5.25 Å². The van der Waals surface area contributed by atoms with Crippen LogP contribution >= 0.6 is 0 Å². The fraction of sp³-hybridized carbons (Fsp3) is 0.375. The molecule has 1 aliphatic carbocycles. The van der Waals surface area contributed by atoms with Crippen molar-refractivity contribution in [3.05, 3.63) is 30.9 Å². The van der Waals surface area contributed by atoms with Crippen LogP contribution in [0.5, 0.6) is 0 Å². The maximum atomic E-state index is 11.3. The van der Waals surface area contributed by atoms with Gasteiger partial charge in [-0.3, -0.25) is 4.21 Å². The third-order valence-corrected chi connectivity index (χ3v) is 2.89. The van der Waals surface area contributed by atoms with E-state index in [2.05, 4.69) is 0 Å². The summed E-state index contributed by atoms with van der Waals surface area (Å²) in [5.41, 5.74) is 0. The predicted octanol–water partition coefficient (Wildman–Crippen LogP) is 1.51. The van der Waals surface area contributed by atoms with Crippen LogP contribution in [0.25, 0.3) is 0 Å². The van der Waals surface area contributed by atoms with Crippen molar-refractivity contribution in [2.75, 3.05) is 0 Å². The monoisotopic (exact) mass is 155 g/mol. The van der Waals surface area contributed by atoms with Crippen molar-refractivity contribution >= 4 is 10.8 Å². The third kappa shape index (κ3) is 1.82. The average molecular weight is 155 g/mol. The lowest BCUT2D eigenvalue weighted by atomic mass is 10.4. The molecule has 1 saturated carbocycles. The van der Waals surface area contributed by atoms with Crippen molar-refractivity contribution in [1.82, 2.24) is 0 Å². The van der Waals surface area contributed by atoms with Gasteiger partial charge in [0.05, 0.1) is 5.25 Å². The highest BCUT2D eigenvalue weighted by Crippen LogP contribution is 2.27. The van der Waals surface area contributed by atoms with E-state index in [1.807, 2.05) is 39.5 Å². The fourth-order valence-corrected chi connectivity index (χ4v) is 1.73. The zero-order chi connectivity index (χ0) is 7.56. The van der Waals surface area contributed by atoms with Gasteiger partial charge in [-0.25, -0.2) is 0 Å². The van der Waals surface area contributed by atoms with Gasteiger partial charge in [0, 0.05) is 16.0 Å². The molecule has 1 atom stereocenters. The highest BCUT2D eigenvalue weighted by atomic mass is 32.2. The van der Waals surface area contributed by atoms with Crippen LogP contribution in [-0.4, -0.2) is 9.46 Å². The first-order valence-electron chi connectivity index (χ1n) is 3.34. The van der Waals surface area contributed by atoms with Crippen molar-refractivity contribution < 1.29 is 4.21 Å². The summed E-state index contributed by atoms with van der Waals surface area (Å²) < 4.78 is 11.3. The molecule has 1 aliphatic rings. The Morgan fingerprint density at radius 1 is 1.30 bits per heavy atom. The lowest BCUT2D eigenvalue weighted by Gasteiger charge is -2.09. The van der Waals surface area contributed by atoms with E-state index < -0.39 is 10.8 Å². The van der Waals surface area contributed by atoms with Gasteiger partial charge in [-0.1, -0.05) is 13.8 Å². The summed E-state index contributed by atoms with van der Waals surface area (Å²) in [6.45, 7) is 3.92. The summed E-state index contributed by atoms with van der Waals surface area (Å²) in [6, 6.07) is 0. The Bertz CT molecular complexity index is 125. The molecule has 0 N–H and O–H groups in total. The molecule has 0 aromatic rings. The lowest BCUT2D eigenvalue weighted by molar-refractivity contribution is 0.678. The summed E-state index contributed by atoms with van der Waals surface area (Å²) in [6.07, 6.45) is 7.62. The molecular weight excluding hydrogens is 144 g/mol. The fourth-order valence-electron chi connectivity index (χ4n) is 0.763. The molecule has 0 aromatic heterocycles. The molecule has 0 aliphatic heterocycles. The van der Waals surface area contributed by atoms with Crippen molar-refractivity contribution in [3.63, 3.8) is 0 Å². The maximum absolute atomic E-state index is 11.3. The Morgan fingerprint density at radius 3 is 2.20 bits per heavy atom. The predicted molar refractivity (Wildman–Crippen MR) is 43.7 cm³/mol. The summed E-state index contributed by atoms with van der Waals surface area (Å²) in [5.74, 6) is 0. The first-order valence-corrected chi connectivity index (χ1v) is 4.55. The quantitative estimate of drug-likeness (QED) is 0.590. The Balaban J connectivity index is 2.40. The molecule has 1 fully saturated rings. The molecule has 10 heavy (non-hydrogen) atoms. The second kappa shape index (κ2) is 3.51. The van der Waals surface area contributed by atoms with Crippen LogP contribution < -0.4 is 0 Å². The molecule has 1 nitrogen and oxygen atoms in total. The van der Waals surface area contributed by atoms with Crippen LogP contribution in [0, 0.1) is 30.9 Å². The molecule has 0 heterocycles. The van der Waals surface area contributed by atoms with Gasteiger partial charge < -0.3 is 0 Å². The van der Waals surface area contributed by atoms with Gasteiger partial charge in [0.25, 0.3) is 0 Å². The summed E-state index contributed by atoms with van der Waals surface area (Å²) in [5, 5.41) is 1.16. The maximum Gasteiger partial charge on any atom is 0.0707 e. The molecule has 55 valence electrons. The first kappa shape index (κ1) is 8.25. The van der Waals surface area contributed by atoms with Gasteiger partial charge in [0.15, 0.2) is 0 Å². The van der Waals surface area contributed by atoms with E-state index in [1.54, 1.807) is 0 Å². The van der Waals surface area contributed by atoms with Gasteiger partial charge in [-0.2, -0.15) is 0 Å². The van der Waals surface area contributed by atoms with Crippen molar-refractivity contribution in [1.29, 1.82) is 0 Å². The topological polar surface area (TPSA) is 17.1 Å². The molecule has 5 radical (unpaired) electrons. The molecular formula is C8H11OS. The van der Waals surface area contributed by atoms with Crippen LogP contribution in [0.4, 0.5) is 0 Å². The van der Waals surface area contributed by atoms with E-state index in [0.29, 0.717) is 0 Å². The Morgan fingerprint density at radius 2 is 1.80 bits per heavy atom. The minimum absolute atomic E-state index is 0.224. The largest absolute Gasteiger partial charge is 0.259 e. The van der Waals surface area contributed by atoms with Gasteiger partial charge in [-0.05, 0) is 25.7 Å². The van der Waals surface area contributed by atoms with E-state index in [4.69, 9.17) is 0 Å². The highest BCUT2D eigenvalue weighted by Gasteiger charge is 2.24. The molecule has 0 spiro atoms. The van der Waals surface area contributed by atoms with E-state index >= 15 is 0 Å². The molecule has 0 unspecified atom stereocenters. The number of hydrogen-bond acceptors (Lipinski definition) is 1. The lowest BCUT2D eigenvalue weighted by Crippen LogP contribution is -2.12. The number of hydrogen-bond donors (Lipinski definition) is 0. The minimum atomic E-state index is -0.804. The van der Waals surface area contributed by atoms with Crippen molar-refractivity contribution in [3.8, 4) is 0 Å². The SMILES string of the molecule is CC(C)[S@@](=O)[C]1[CH][CH][CH][CH]1. The minimum Gasteiger partial charge on any atom is -0.259 e. The summed E-state index contributed by atoms with van der Waals surface area (Å²) >= 11 is 0. The Hall–Kier alpha value is 0.150. The van der Waals surface area contributed by atoms with Gasteiger partial charge in [0.2, 0.25) is 0 Å².